The first kappa shape index (κ1) is 24.8. The third-order valence-electron chi connectivity index (χ3n) is 9.23. The lowest BCUT2D eigenvalue weighted by Gasteiger charge is -2.10. The van der Waals surface area contributed by atoms with Crippen LogP contribution in [0.1, 0.15) is 0 Å². The Morgan fingerprint density at radius 2 is 1.09 bits per heavy atom. The number of hydrogen-bond acceptors (Lipinski definition) is 2. The molecule has 0 spiro atoms. The van der Waals surface area contributed by atoms with Gasteiger partial charge in [-0.15, -0.1) is 11.3 Å². The van der Waals surface area contributed by atoms with Gasteiger partial charge in [0.1, 0.15) is 11.2 Å². The molecule has 0 N–H and O–H groups in total. The Hall–Kier alpha value is -5.64. The molecular weight excluding hydrogens is 567 g/mol. The summed E-state index contributed by atoms with van der Waals surface area (Å²) in [5.74, 6) is 0. The van der Waals surface area contributed by atoms with Gasteiger partial charge in [0, 0.05) is 47.4 Å². The fraction of sp³-hybridized carbons (Fsp3) is 0. The molecule has 0 unspecified atom stereocenters. The van der Waals surface area contributed by atoms with Gasteiger partial charge in [0.15, 0.2) is 0 Å². The van der Waals surface area contributed by atoms with Crippen molar-refractivity contribution in [1.82, 2.24) is 4.57 Å². The van der Waals surface area contributed by atoms with Crippen molar-refractivity contribution in [3.63, 3.8) is 0 Å². The highest BCUT2D eigenvalue weighted by atomic mass is 32.1. The molecule has 0 saturated carbocycles. The topological polar surface area (TPSA) is 18.1 Å². The van der Waals surface area contributed by atoms with Crippen molar-refractivity contribution < 1.29 is 4.42 Å². The first-order valence-electron chi connectivity index (χ1n) is 15.3. The number of benzene rings is 7. The average molecular weight is 592 g/mol. The summed E-state index contributed by atoms with van der Waals surface area (Å²) in [7, 11) is 0. The van der Waals surface area contributed by atoms with E-state index in [1.54, 1.807) is 0 Å². The highest BCUT2D eigenvalue weighted by molar-refractivity contribution is 7.26. The van der Waals surface area contributed by atoms with E-state index in [1.165, 1.54) is 64.2 Å². The molecule has 0 amide bonds. The summed E-state index contributed by atoms with van der Waals surface area (Å²) in [5, 5.41) is 7.38. The Balaban J connectivity index is 1.06. The summed E-state index contributed by atoms with van der Waals surface area (Å²) in [6.45, 7) is 0. The minimum absolute atomic E-state index is 0.923. The summed E-state index contributed by atoms with van der Waals surface area (Å²) in [4.78, 5) is 0. The number of aromatic nitrogens is 1. The second-order valence-electron chi connectivity index (χ2n) is 11.7. The standard InChI is InChI=1S/C42H25NOS/c1-4-13-37-31(8-1)35-25-40-36(32-9-2-5-14-39(32)44-40)24-38(35)43(37)29-22-20-27(21-23-29)26-16-18-28(19-17-26)30-11-7-12-34-33-10-3-6-15-41(33)45-42(30)34/h1-25H. The molecule has 10 aromatic rings. The molecule has 0 atom stereocenters. The number of para-hydroxylation sites is 2. The Bertz CT molecular complexity index is 2740. The second-order valence-corrected chi connectivity index (χ2v) is 12.8. The van der Waals surface area contributed by atoms with Crippen LogP contribution in [0.15, 0.2) is 156 Å². The van der Waals surface area contributed by atoms with E-state index in [9.17, 15) is 0 Å². The summed E-state index contributed by atoms with van der Waals surface area (Å²) < 4.78 is 11.3. The lowest BCUT2D eigenvalue weighted by molar-refractivity contribution is 0.669. The second kappa shape index (κ2) is 9.43. The van der Waals surface area contributed by atoms with E-state index in [1.807, 2.05) is 23.5 Å². The summed E-state index contributed by atoms with van der Waals surface area (Å²) in [6, 6.07) is 54.8. The molecule has 7 aromatic carbocycles. The molecule has 45 heavy (non-hydrogen) atoms. The first-order valence-corrected chi connectivity index (χ1v) is 16.1. The van der Waals surface area contributed by atoms with Crippen LogP contribution in [0.5, 0.6) is 0 Å². The molecule has 3 heterocycles. The van der Waals surface area contributed by atoms with Gasteiger partial charge >= 0.3 is 0 Å². The Morgan fingerprint density at radius 3 is 1.93 bits per heavy atom. The molecule has 3 aromatic heterocycles. The van der Waals surface area contributed by atoms with Crippen LogP contribution in [0.2, 0.25) is 0 Å². The van der Waals surface area contributed by atoms with Gasteiger partial charge in [-0.25, -0.2) is 0 Å². The molecule has 0 saturated heterocycles. The molecule has 210 valence electrons. The van der Waals surface area contributed by atoms with Gasteiger partial charge in [-0.3, -0.25) is 0 Å². The van der Waals surface area contributed by atoms with E-state index in [0.29, 0.717) is 0 Å². The van der Waals surface area contributed by atoms with Crippen LogP contribution >= 0.6 is 11.3 Å². The number of furan rings is 1. The fourth-order valence-corrected chi connectivity index (χ4v) is 8.32. The highest BCUT2D eigenvalue weighted by Gasteiger charge is 2.16. The minimum Gasteiger partial charge on any atom is -0.456 e. The van der Waals surface area contributed by atoms with Crippen molar-refractivity contribution in [2.45, 2.75) is 0 Å². The number of nitrogens with zero attached hydrogens (tertiary/aromatic N) is 1. The summed E-state index contributed by atoms with van der Waals surface area (Å²) in [6.07, 6.45) is 0. The molecule has 2 nitrogen and oxygen atoms in total. The van der Waals surface area contributed by atoms with Crippen LogP contribution < -0.4 is 0 Å². The normalized spacial score (nSPS) is 12.0. The third-order valence-corrected chi connectivity index (χ3v) is 10.4. The van der Waals surface area contributed by atoms with Gasteiger partial charge in [-0.2, -0.15) is 0 Å². The maximum atomic E-state index is 6.25. The van der Waals surface area contributed by atoms with Gasteiger partial charge in [0.2, 0.25) is 0 Å². The van der Waals surface area contributed by atoms with Crippen LogP contribution in [-0.2, 0) is 0 Å². The van der Waals surface area contributed by atoms with E-state index in [-0.39, 0.29) is 0 Å². The first-order chi connectivity index (χ1) is 22.3. The zero-order chi connectivity index (χ0) is 29.5. The number of rotatable bonds is 3. The van der Waals surface area contributed by atoms with Crippen molar-refractivity contribution in [2.75, 3.05) is 0 Å². The van der Waals surface area contributed by atoms with Crippen molar-refractivity contribution in [3.05, 3.63) is 152 Å². The predicted octanol–water partition coefficient (Wildman–Crippen LogP) is 12.4. The van der Waals surface area contributed by atoms with Crippen LogP contribution in [0, 0.1) is 0 Å². The smallest absolute Gasteiger partial charge is 0.136 e. The van der Waals surface area contributed by atoms with Crippen molar-refractivity contribution in [2.24, 2.45) is 0 Å². The molecule has 3 heteroatoms. The van der Waals surface area contributed by atoms with Gasteiger partial charge < -0.3 is 8.98 Å². The van der Waals surface area contributed by atoms with E-state index >= 15 is 0 Å². The zero-order valence-corrected chi connectivity index (χ0v) is 25.0. The summed E-state index contributed by atoms with van der Waals surface area (Å²) >= 11 is 1.88. The number of fused-ring (bicyclic) bond motifs is 9. The summed E-state index contributed by atoms with van der Waals surface area (Å²) in [5.41, 5.74) is 10.3. The minimum atomic E-state index is 0.923. The van der Waals surface area contributed by atoms with Crippen molar-refractivity contribution in [3.8, 4) is 27.9 Å². The molecule has 0 aliphatic carbocycles. The van der Waals surface area contributed by atoms with Crippen molar-refractivity contribution in [1.29, 1.82) is 0 Å². The van der Waals surface area contributed by atoms with Crippen LogP contribution in [-0.4, -0.2) is 4.57 Å². The van der Waals surface area contributed by atoms with Crippen LogP contribution in [0.3, 0.4) is 0 Å². The molecule has 0 radical (unpaired) electrons. The molecule has 0 aliphatic heterocycles. The monoisotopic (exact) mass is 591 g/mol. The van der Waals surface area contributed by atoms with Gasteiger partial charge in [0.05, 0.1) is 11.0 Å². The van der Waals surface area contributed by atoms with E-state index < -0.39 is 0 Å². The maximum absolute atomic E-state index is 6.25. The van der Waals surface area contributed by atoms with E-state index in [2.05, 4.69) is 144 Å². The zero-order valence-electron chi connectivity index (χ0n) is 24.2. The molecular formula is C42H25NOS. The van der Waals surface area contributed by atoms with E-state index in [4.69, 9.17) is 4.42 Å². The maximum Gasteiger partial charge on any atom is 0.136 e. The highest BCUT2D eigenvalue weighted by Crippen LogP contribution is 2.41. The number of hydrogen-bond donors (Lipinski definition) is 0. The predicted molar refractivity (Wildman–Crippen MR) is 192 cm³/mol. The Morgan fingerprint density at radius 1 is 0.422 bits per heavy atom. The quantitative estimate of drug-likeness (QED) is 0.200. The van der Waals surface area contributed by atoms with Crippen molar-refractivity contribution >= 4 is 75.3 Å². The van der Waals surface area contributed by atoms with Gasteiger partial charge in [-0.1, -0.05) is 109 Å². The van der Waals surface area contributed by atoms with Gasteiger partial charge in [-0.05, 0) is 64.7 Å². The fourth-order valence-electron chi connectivity index (χ4n) is 7.08. The molecule has 0 bridgehead atoms. The van der Waals surface area contributed by atoms with Gasteiger partial charge in [0.25, 0.3) is 0 Å². The lowest BCUT2D eigenvalue weighted by atomic mass is 9.99. The largest absolute Gasteiger partial charge is 0.456 e. The third kappa shape index (κ3) is 3.68. The Labute approximate surface area is 263 Å². The Kier molecular flexibility index (Phi) is 5.19. The van der Waals surface area contributed by atoms with E-state index in [0.717, 1.165) is 27.6 Å². The average Bonchev–Trinajstić information content (AvgIpc) is 3.77. The number of thiophene rings is 1. The lowest BCUT2D eigenvalue weighted by Crippen LogP contribution is -1.93. The van der Waals surface area contributed by atoms with Crippen LogP contribution in [0.25, 0.3) is 91.9 Å². The molecule has 10 rings (SSSR count). The SMILES string of the molecule is c1ccc2c(c1)oc1cc3c4ccccc4n(-c4ccc(-c5ccc(-c6cccc7c6sc6ccccc67)cc5)cc4)c3cc12. The molecule has 0 fully saturated rings. The van der Waals surface area contributed by atoms with Crippen LogP contribution in [0.4, 0.5) is 0 Å². The molecule has 0 aliphatic rings.